The van der Waals surface area contributed by atoms with Crippen LogP contribution in [0.15, 0.2) is 24.5 Å². The van der Waals surface area contributed by atoms with Crippen LogP contribution < -0.4 is 0 Å². The lowest BCUT2D eigenvalue weighted by atomic mass is 9.96. The monoisotopic (exact) mass is 216 g/mol. The molecule has 0 unspecified atom stereocenters. The predicted molar refractivity (Wildman–Crippen MR) is 61.6 cm³/mol. The first kappa shape index (κ1) is 10.7. The summed E-state index contributed by atoms with van der Waals surface area (Å²) in [5.74, 6) is -0.515. The van der Waals surface area contributed by atoms with Crippen LogP contribution in [0.5, 0.6) is 0 Å². The summed E-state index contributed by atoms with van der Waals surface area (Å²) in [5.41, 5.74) is 4.39. The van der Waals surface area contributed by atoms with Gasteiger partial charge < -0.3 is 0 Å². The third kappa shape index (κ3) is 1.69. The molecular formula is C13H13FN2. The number of rotatable bonds is 1. The summed E-state index contributed by atoms with van der Waals surface area (Å²) < 4.78 is 13.6. The number of hydrogen-bond acceptors (Lipinski definition) is 2. The van der Waals surface area contributed by atoms with Crippen LogP contribution in [0.25, 0.3) is 11.3 Å². The molecule has 1 aromatic carbocycles. The summed E-state index contributed by atoms with van der Waals surface area (Å²) in [6, 6.07) is 4.01. The average molecular weight is 216 g/mol. The highest BCUT2D eigenvalue weighted by Gasteiger charge is 2.13. The first-order valence-corrected chi connectivity index (χ1v) is 5.15. The first-order chi connectivity index (χ1) is 7.61. The lowest BCUT2D eigenvalue weighted by molar-refractivity contribution is 0.581. The quantitative estimate of drug-likeness (QED) is 0.731. The highest BCUT2D eigenvalue weighted by molar-refractivity contribution is 5.68. The molecule has 2 rings (SSSR count). The zero-order valence-electron chi connectivity index (χ0n) is 9.58. The molecule has 0 amide bonds. The van der Waals surface area contributed by atoms with E-state index in [1.54, 1.807) is 0 Å². The van der Waals surface area contributed by atoms with E-state index in [9.17, 15) is 4.39 Å². The maximum absolute atomic E-state index is 13.6. The normalized spacial score (nSPS) is 10.5. The maximum Gasteiger partial charge on any atom is 0.239 e. The predicted octanol–water partition coefficient (Wildman–Crippen LogP) is 3.21. The Morgan fingerprint density at radius 3 is 2.25 bits per heavy atom. The molecule has 0 aliphatic heterocycles. The van der Waals surface area contributed by atoms with Gasteiger partial charge in [0.25, 0.3) is 0 Å². The summed E-state index contributed by atoms with van der Waals surface area (Å²) in [5, 5.41) is 0. The number of nitrogens with zero attached hydrogens (tertiary/aromatic N) is 2. The highest BCUT2D eigenvalue weighted by atomic mass is 19.1. The van der Waals surface area contributed by atoms with Crippen molar-refractivity contribution in [2.75, 3.05) is 0 Å². The number of benzene rings is 1. The first-order valence-electron chi connectivity index (χ1n) is 5.15. The van der Waals surface area contributed by atoms with Gasteiger partial charge in [0.2, 0.25) is 5.95 Å². The van der Waals surface area contributed by atoms with E-state index in [-0.39, 0.29) is 0 Å². The fraction of sp³-hybridized carbons (Fsp3) is 0.231. The summed E-state index contributed by atoms with van der Waals surface area (Å²) >= 11 is 0. The Hall–Kier alpha value is -1.77. The van der Waals surface area contributed by atoms with Crippen LogP contribution in [0.1, 0.15) is 16.7 Å². The molecule has 0 fully saturated rings. The molecule has 0 saturated carbocycles. The Morgan fingerprint density at radius 1 is 0.938 bits per heavy atom. The summed E-state index contributed by atoms with van der Waals surface area (Å²) in [7, 11) is 0. The van der Waals surface area contributed by atoms with Gasteiger partial charge in [-0.3, -0.25) is 0 Å². The third-order valence-electron chi connectivity index (χ3n) is 2.83. The Bertz CT molecular complexity index is 535. The van der Waals surface area contributed by atoms with Crippen molar-refractivity contribution in [3.63, 3.8) is 0 Å². The second kappa shape index (κ2) is 4.00. The number of aryl methyl sites for hydroxylation is 2. The van der Waals surface area contributed by atoms with Crippen LogP contribution in [0.4, 0.5) is 4.39 Å². The van der Waals surface area contributed by atoms with Gasteiger partial charge in [-0.15, -0.1) is 0 Å². The van der Waals surface area contributed by atoms with E-state index in [1.807, 2.05) is 32.9 Å². The Labute approximate surface area is 94.2 Å². The lowest BCUT2D eigenvalue weighted by Gasteiger charge is -2.11. The second-order valence-electron chi connectivity index (χ2n) is 3.90. The zero-order chi connectivity index (χ0) is 11.7. The van der Waals surface area contributed by atoms with Gasteiger partial charge in [-0.05, 0) is 37.5 Å². The van der Waals surface area contributed by atoms with Crippen molar-refractivity contribution < 1.29 is 4.39 Å². The zero-order valence-corrected chi connectivity index (χ0v) is 9.58. The Kier molecular flexibility index (Phi) is 2.69. The molecule has 0 spiro atoms. The minimum Gasteiger partial charge on any atom is -0.250 e. The molecule has 1 aromatic heterocycles. The molecule has 0 saturated heterocycles. The summed E-state index contributed by atoms with van der Waals surface area (Å²) in [6.07, 6.45) is 2.87. The Balaban J connectivity index is 2.74. The van der Waals surface area contributed by atoms with Gasteiger partial charge in [-0.2, -0.15) is 4.39 Å². The van der Waals surface area contributed by atoms with Crippen molar-refractivity contribution in [1.82, 2.24) is 9.97 Å². The second-order valence-corrected chi connectivity index (χ2v) is 3.90. The topological polar surface area (TPSA) is 25.8 Å². The van der Waals surface area contributed by atoms with E-state index in [2.05, 4.69) is 9.97 Å². The van der Waals surface area contributed by atoms with Gasteiger partial charge >= 0.3 is 0 Å². The van der Waals surface area contributed by atoms with Crippen molar-refractivity contribution >= 4 is 0 Å². The van der Waals surface area contributed by atoms with Crippen molar-refractivity contribution in [1.29, 1.82) is 0 Å². The molecule has 0 radical (unpaired) electrons. The summed E-state index contributed by atoms with van der Waals surface area (Å²) in [6.45, 7) is 5.94. The van der Waals surface area contributed by atoms with Crippen LogP contribution in [0.2, 0.25) is 0 Å². The molecule has 1 heterocycles. The molecule has 0 bridgehead atoms. The van der Waals surface area contributed by atoms with Gasteiger partial charge in [0.05, 0.1) is 0 Å². The molecule has 3 heteroatoms. The van der Waals surface area contributed by atoms with Crippen molar-refractivity contribution in [3.05, 3.63) is 47.2 Å². The van der Waals surface area contributed by atoms with Gasteiger partial charge in [-0.1, -0.05) is 12.1 Å². The van der Waals surface area contributed by atoms with E-state index in [0.29, 0.717) is 5.69 Å². The molecule has 0 atom stereocenters. The van der Waals surface area contributed by atoms with E-state index in [0.717, 1.165) is 22.3 Å². The van der Waals surface area contributed by atoms with Gasteiger partial charge in [-0.25, -0.2) is 9.97 Å². The molecule has 82 valence electrons. The molecular weight excluding hydrogens is 203 g/mol. The third-order valence-corrected chi connectivity index (χ3v) is 2.83. The van der Waals surface area contributed by atoms with Gasteiger partial charge in [0.1, 0.15) is 5.69 Å². The van der Waals surface area contributed by atoms with Gasteiger partial charge in [0, 0.05) is 18.0 Å². The SMILES string of the molecule is Cc1ccc(C)c(-c2nccnc2F)c1C. The lowest BCUT2D eigenvalue weighted by Crippen LogP contribution is -1.98. The molecule has 2 aromatic rings. The van der Waals surface area contributed by atoms with E-state index in [1.165, 1.54) is 12.4 Å². The van der Waals surface area contributed by atoms with Crippen molar-refractivity contribution in [2.24, 2.45) is 0 Å². The minimum absolute atomic E-state index is 0.334. The molecule has 0 aliphatic rings. The number of halogens is 1. The van der Waals surface area contributed by atoms with E-state index < -0.39 is 5.95 Å². The molecule has 2 nitrogen and oxygen atoms in total. The Morgan fingerprint density at radius 2 is 1.56 bits per heavy atom. The van der Waals surface area contributed by atoms with E-state index in [4.69, 9.17) is 0 Å². The fourth-order valence-electron chi connectivity index (χ4n) is 1.80. The number of aromatic nitrogens is 2. The standard InChI is InChI=1S/C13H13FN2/c1-8-4-5-9(2)11(10(8)3)12-13(14)16-7-6-15-12/h4-7H,1-3H3. The number of hydrogen-bond donors (Lipinski definition) is 0. The maximum atomic E-state index is 13.6. The van der Waals surface area contributed by atoms with Crippen LogP contribution in [-0.4, -0.2) is 9.97 Å². The minimum atomic E-state index is -0.515. The van der Waals surface area contributed by atoms with Gasteiger partial charge in [0.15, 0.2) is 0 Å². The van der Waals surface area contributed by atoms with Crippen LogP contribution >= 0.6 is 0 Å². The van der Waals surface area contributed by atoms with E-state index >= 15 is 0 Å². The van der Waals surface area contributed by atoms with Crippen LogP contribution in [0, 0.1) is 26.7 Å². The molecule has 0 N–H and O–H groups in total. The van der Waals surface area contributed by atoms with Crippen LogP contribution in [0.3, 0.4) is 0 Å². The van der Waals surface area contributed by atoms with Crippen molar-refractivity contribution in [3.8, 4) is 11.3 Å². The largest absolute Gasteiger partial charge is 0.250 e. The van der Waals surface area contributed by atoms with Crippen molar-refractivity contribution in [2.45, 2.75) is 20.8 Å². The molecule has 16 heavy (non-hydrogen) atoms. The summed E-state index contributed by atoms with van der Waals surface area (Å²) in [4.78, 5) is 7.71. The fourth-order valence-corrected chi connectivity index (χ4v) is 1.80. The molecule has 0 aliphatic carbocycles. The smallest absolute Gasteiger partial charge is 0.239 e. The highest BCUT2D eigenvalue weighted by Crippen LogP contribution is 2.28. The average Bonchev–Trinajstić information content (AvgIpc) is 2.27. The van der Waals surface area contributed by atoms with Crippen LogP contribution in [-0.2, 0) is 0 Å².